The second-order valence-electron chi connectivity index (χ2n) is 9.66. The van der Waals surface area contributed by atoms with Gasteiger partial charge in [0.2, 0.25) is 11.8 Å². The number of nitrogens with one attached hydrogen (secondary N) is 1. The van der Waals surface area contributed by atoms with Gasteiger partial charge in [0.1, 0.15) is 6.04 Å². The van der Waals surface area contributed by atoms with Crippen molar-refractivity contribution in [2.75, 3.05) is 0 Å². The summed E-state index contributed by atoms with van der Waals surface area (Å²) < 4.78 is 0.975. The van der Waals surface area contributed by atoms with Crippen LogP contribution in [0.2, 0.25) is 0 Å². The summed E-state index contributed by atoms with van der Waals surface area (Å²) in [6.45, 7) is 4.25. The molecule has 0 bridgehead atoms. The van der Waals surface area contributed by atoms with Crippen LogP contribution in [0.3, 0.4) is 0 Å². The number of carbonyl (C=O) groups is 2. The third-order valence-electron chi connectivity index (χ3n) is 6.46. The van der Waals surface area contributed by atoms with E-state index in [0.29, 0.717) is 25.8 Å². The van der Waals surface area contributed by atoms with Gasteiger partial charge < -0.3 is 10.2 Å². The molecule has 0 aliphatic carbocycles. The Morgan fingerprint density at radius 3 is 2.22 bits per heavy atom. The van der Waals surface area contributed by atoms with E-state index in [-0.39, 0.29) is 17.9 Å². The minimum absolute atomic E-state index is 0.0221. The first-order valence-corrected chi connectivity index (χ1v) is 13.5. The van der Waals surface area contributed by atoms with Gasteiger partial charge in [-0.25, -0.2) is 0 Å². The van der Waals surface area contributed by atoms with Crippen LogP contribution in [0.1, 0.15) is 37.0 Å². The van der Waals surface area contributed by atoms with Crippen molar-refractivity contribution >= 4 is 38.5 Å². The molecule has 0 spiro atoms. The first-order chi connectivity index (χ1) is 17.9. The van der Waals surface area contributed by atoms with Gasteiger partial charge in [0.05, 0.1) is 0 Å². The van der Waals surface area contributed by atoms with Crippen molar-refractivity contribution in [3.8, 4) is 0 Å². The van der Waals surface area contributed by atoms with Crippen molar-refractivity contribution in [1.82, 2.24) is 10.2 Å². The lowest BCUT2D eigenvalue weighted by Gasteiger charge is -2.32. The van der Waals surface area contributed by atoms with Crippen LogP contribution in [0, 0.1) is 0 Å². The molecule has 37 heavy (non-hydrogen) atoms. The lowest BCUT2D eigenvalue weighted by molar-refractivity contribution is -0.141. The van der Waals surface area contributed by atoms with Gasteiger partial charge in [0.25, 0.3) is 0 Å². The molecule has 0 saturated heterocycles. The second-order valence-corrected chi connectivity index (χ2v) is 10.6. The SMILES string of the molecule is CC(C)NC(=O)[C@H](Cc1ccccc1)N(Cc1ccc(Br)cc1)C(=O)CCc1cccc2ccccc12. The van der Waals surface area contributed by atoms with Crippen molar-refractivity contribution in [2.24, 2.45) is 0 Å². The van der Waals surface area contributed by atoms with Crippen molar-refractivity contribution in [3.63, 3.8) is 0 Å². The summed E-state index contributed by atoms with van der Waals surface area (Å²) in [6, 6.07) is 31.6. The summed E-state index contributed by atoms with van der Waals surface area (Å²) in [5, 5.41) is 5.38. The number of nitrogens with zero attached hydrogens (tertiary/aromatic N) is 1. The van der Waals surface area contributed by atoms with Crippen molar-refractivity contribution < 1.29 is 9.59 Å². The highest BCUT2D eigenvalue weighted by molar-refractivity contribution is 9.10. The van der Waals surface area contributed by atoms with E-state index in [9.17, 15) is 9.59 Å². The zero-order valence-corrected chi connectivity index (χ0v) is 22.9. The third-order valence-corrected chi connectivity index (χ3v) is 6.99. The van der Waals surface area contributed by atoms with Crippen molar-refractivity contribution in [1.29, 1.82) is 0 Å². The predicted octanol–water partition coefficient (Wildman–Crippen LogP) is 6.70. The van der Waals surface area contributed by atoms with Crippen molar-refractivity contribution in [3.05, 3.63) is 118 Å². The van der Waals surface area contributed by atoms with Gasteiger partial charge in [-0.05, 0) is 59.9 Å². The average molecular weight is 558 g/mol. The fourth-order valence-corrected chi connectivity index (χ4v) is 4.88. The zero-order valence-electron chi connectivity index (χ0n) is 21.4. The Hall–Kier alpha value is -3.44. The molecule has 0 aromatic heterocycles. The highest BCUT2D eigenvalue weighted by atomic mass is 79.9. The average Bonchev–Trinajstić information content (AvgIpc) is 2.90. The number of benzene rings is 4. The number of hydrogen-bond donors (Lipinski definition) is 1. The summed E-state index contributed by atoms with van der Waals surface area (Å²) in [6.07, 6.45) is 1.39. The quantitative estimate of drug-likeness (QED) is 0.236. The molecular formula is C32H33BrN2O2. The molecule has 190 valence electrons. The first kappa shape index (κ1) is 26.6. The summed E-state index contributed by atoms with van der Waals surface area (Å²) >= 11 is 3.49. The number of aryl methyl sites for hydroxylation is 1. The van der Waals surface area contributed by atoms with Gasteiger partial charge in [0.15, 0.2) is 0 Å². The standard InChI is InChI=1S/C32H33BrN2O2/c1-23(2)34-32(37)30(21-24-9-4-3-5-10-24)35(22-25-15-18-28(33)19-16-25)31(36)20-17-27-13-8-12-26-11-6-7-14-29(26)27/h3-16,18-19,23,30H,17,20-22H2,1-2H3,(H,34,37)/t30-/m0/s1. The minimum atomic E-state index is -0.617. The lowest BCUT2D eigenvalue weighted by Crippen LogP contribution is -2.51. The zero-order chi connectivity index (χ0) is 26.2. The molecule has 0 radical (unpaired) electrons. The molecule has 4 nitrogen and oxygen atoms in total. The van der Waals surface area contributed by atoms with Crippen LogP contribution < -0.4 is 5.32 Å². The summed E-state index contributed by atoms with van der Waals surface area (Å²) in [4.78, 5) is 29.1. The Labute approximate surface area is 227 Å². The molecule has 2 amide bonds. The Bertz CT molecular complexity index is 1330. The Balaban J connectivity index is 1.64. The number of hydrogen-bond acceptors (Lipinski definition) is 2. The monoisotopic (exact) mass is 556 g/mol. The summed E-state index contributed by atoms with van der Waals surface area (Å²) in [5.74, 6) is -0.162. The number of carbonyl (C=O) groups excluding carboxylic acids is 2. The molecule has 1 atom stereocenters. The van der Waals surface area contributed by atoms with E-state index in [0.717, 1.165) is 31.9 Å². The highest BCUT2D eigenvalue weighted by Crippen LogP contribution is 2.22. The first-order valence-electron chi connectivity index (χ1n) is 12.8. The largest absolute Gasteiger partial charge is 0.352 e. The van der Waals surface area contributed by atoms with Crippen LogP contribution in [-0.4, -0.2) is 28.8 Å². The second kappa shape index (κ2) is 12.7. The fraction of sp³-hybridized carbons (Fsp3) is 0.250. The number of rotatable bonds is 10. The van der Waals surface area contributed by atoms with Crippen LogP contribution in [0.5, 0.6) is 0 Å². The van der Waals surface area contributed by atoms with Crippen LogP contribution in [0.25, 0.3) is 10.8 Å². The van der Waals surface area contributed by atoms with Crippen LogP contribution in [-0.2, 0) is 29.0 Å². The van der Waals surface area contributed by atoms with Gasteiger partial charge in [0, 0.05) is 29.9 Å². The maximum Gasteiger partial charge on any atom is 0.243 e. The molecular weight excluding hydrogens is 524 g/mol. The number of amides is 2. The van der Waals surface area contributed by atoms with E-state index in [1.165, 1.54) is 0 Å². The highest BCUT2D eigenvalue weighted by Gasteiger charge is 2.30. The Morgan fingerprint density at radius 2 is 1.49 bits per heavy atom. The van der Waals surface area contributed by atoms with Gasteiger partial charge in [-0.2, -0.15) is 0 Å². The third kappa shape index (κ3) is 7.30. The van der Waals surface area contributed by atoms with E-state index in [4.69, 9.17) is 0 Å². The fourth-order valence-electron chi connectivity index (χ4n) is 4.62. The smallest absolute Gasteiger partial charge is 0.243 e. The molecule has 4 rings (SSSR count). The van der Waals surface area contributed by atoms with E-state index in [1.807, 2.05) is 86.6 Å². The molecule has 0 heterocycles. The van der Waals surface area contributed by atoms with E-state index in [1.54, 1.807) is 4.90 Å². The molecule has 0 aliphatic rings. The maximum absolute atomic E-state index is 13.9. The summed E-state index contributed by atoms with van der Waals surface area (Å²) in [5.41, 5.74) is 3.15. The van der Waals surface area contributed by atoms with E-state index in [2.05, 4.69) is 45.5 Å². The van der Waals surface area contributed by atoms with Crippen LogP contribution in [0.4, 0.5) is 0 Å². The molecule has 0 saturated carbocycles. The molecule has 0 aliphatic heterocycles. The lowest BCUT2D eigenvalue weighted by atomic mass is 9.99. The normalized spacial score (nSPS) is 11.9. The molecule has 1 N–H and O–H groups in total. The number of halogens is 1. The Kier molecular flexibility index (Phi) is 9.13. The maximum atomic E-state index is 13.9. The molecule has 0 unspecified atom stereocenters. The van der Waals surface area contributed by atoms with Gasteiger partial charge in [-0.15, -0.1) is 0 Å². The minimum Gasteiger partial charge on any atom is -0.352 e. The molecule has 4 aromatic carbocycles. The molecule has 0 fully saturated rings. The van der Waals surface area contributed by atoms with Gasteiger partial charge in [-0.3, -0.25) is 9.59 Å². The predicted molar refractivity (Wildman–Crippen MR) is 154 cm³/mol. The van der Waals surface area contributed by atoms with Gasteiger partial charge >= 0.3 is 0 Å². The topological polar surface area (TPSA) is 49.4 Å². The van der Waals surface area contributed by atoms with E-state index < -0.39 is 6.04 Å². The van der Waals surface area contributed by atoms with E-state index >= 15 is 0 Å². The van der Waals surface area contributed by atoms with Gasteiger partial charge in [-0.1, -0.05) is 101 Å². The van der Waals surface area contributed by atoms with Crippen LogP contribution >= 0.6 is 15.9 Å². The number of fused-ring (bicyclic) bond motifs is 1. The summed E-state index contributed by atoms with van der Waals surface area (Å²) in [7, 11) is 0. The van der Waals surface area contributed by atoms with Crippen LogP contribution in [0.15, 0.2) is 102 Å². The molecule has 4 aromatic rings. The van der Waals surface area contributed by atoms with Crippen molar-refractivity contribution in [2.45, 2.75) is 51.7 Å². The Morgan fingerprint density at radius 1 is 0.811 bits per heavy atom. The molecule has 5 heteroatoms.